The summed E-state index contributed by atoms with van der Waals surface area (Å²) in [7, 11) is 1.81. The minimum Gasteiger partial charge on any atom is -0.316 e. The number of pyridine rings is 1. The Morgan fingerprint density at radius 3 is 2.94 bits per heavy atom. The van der Waals surface area contributed by atoms with Gasteiger partial charge >= 0.3 is 0 Å². The lowest BCUT2D eigenvalue weighted by Crippen LogP contribution is -2.11. The number of hydrogen-bond donors (Lipinski definition) is 1. The molecule has 0 bridgehead atoms. The molecule has 16 heavy (non-hydrogen) atoms. The first-order valence-electron chi connectivity index (χ1n) is 4.70. The van der Waals surface area contributed by atoms with Gasteiger partial charge < -0.3 is 5.32 Å². The standard InChI is InChI=1S/C10H10FIN4/c1-13-3-7-2-8(11)4-14-10(7)16-6-9(12)5-15-16/h2,4-6,13H,3H2,1H3. The number of aromatic nitrogens is 3. The molecule has 2 aromatic rings. The molecule has 0 saturated heterocycles. The Balaban J connectivity index is 2.47. The summed E-state index contributed by atoms with van der Waals surface area (Å²) in [5.41, 5.74) is 0.780. The van der Waals surface area contributed by atoms with Gasteiger partial charge in [0.1, 0.15) is 5.82 Å². The highest BCUT2D eigenvalue weighted by Crippen LogP contribution is 2.13. The van der Waals surface area contributed by atoms with E-state index in [0.717, 1.165) is 9.13 Å². The van der Waals surface area contributed by atoms with Crippen molar-refractivity contribution in [1.82, 2.24) is 20.1 Å². The molecule has 2 rings (SSSR count). The summed E-state index contributed by atoms with van der Waals surface area (Å²) in [6.45, 7) is 0.552. The second-order valence-corrected chi connectivity index (χ2v) is 4.52. The van der Waals surface area contributed by atoms with Crippen molar-refractivity contribution in [2.75, 3.05) is 7.05 Å². The smallest absolute Gasteiger partial charge is 0.158 e. The van der Waals surface area contributed by atoms with Crippen molar-refractivity contribution in [3.05, 3.63) is 39.6 Å². The van der Waals surface area contributed by atoms with Gasteiger partial charge in [-0.1, -0.05) is 0 Å². The fraction of sp³-hybridized carbons (Fsp3) is 0.200. The van der Waals surface area contributed by atoms with Crippen LogP contribution in [0.3, 0.4) is 0 Å². The van der Waals surface area contributed by atoms with E-state index in [4.69, 9.17) is 0 Å². The van der Waals surface area contributed by atoms with Crippen LogP contribution in [0.25, 0.3) is 5.82 Å². The number of nitrogens with one attached hydrogen (secondary N) is 1. The molecule has 4 nitrogen and oxygen atoms in total. The lowest BCUT2D eigenvalue weighted by Gasteiger charge is -2.07. The predicted octanol–water partition coefficient (Wildman–Crippen LogP) is 1.73. The summed E-state index contributed by atoms with van der Waals surface area (Å²) in [5.74, 6) is 0.314. The van der Waals surface area contributed by atoms with Crippen LogP contribution in [0.2, 0.25) is 0 Å². The average molecular weight is 332 g/mol. The van der Waals surface area contributed by atoms with E-state index < -0.39 is 0 Å². The molecule has 2 heterocycles. The van der Waals surface area contributed by atoms with Crippen molar-refractivity contribution in [2.45, 2.75) is 6.54 Å². The van der Waals surface area contributed by atoms with Crippen LogP contribution in [0, 0.1) is 9.39 Å². The number of rotatable bonds is 3. The Morgan fingerprint density at radius 1 is 1.50 bits per heavy atom. The summed E-state index contributed by atoms with van der Waals surface area (Å²) in [6, 6.07) is 1.47. The molecular weight excluding hydrogens is 322 g/mol. The predicted molar refractivity (Wildman–Crippen MR) is 66.8 cm³/mol. The Kier molecular flexibility index (Phi) is 3.49. The molecule has 2 aromatic heterocycles. The van der Waals surface area contributed by atoms with E-state index in [2.05, 4.69) is 38.0 Å². The molecule has 0 aliphatic rings. The van der Waals surface area contributed by atoms with Gasteiger partial charge in [-0.05, 0) is 35.7 Å². The zero-order valence-corrected chi connectivity index (χ0v) is 10.8. The molecule has 0 aromatic carbocycles. The van der Waals surface area contributed by atoms with E-state index >= 15 is 0 Å². The van der Waals surface area contributed by atoms with Crippen molar-refractivity contribution in [3.8, 4) is 5.82 Å². The van der Waals surface area contributed by atoms with Crippen molar-refractivity contribution >= 4 is 22.6 Å². The minimum absolute atomic E-state index is 0.337. The highest BCUT2D eigenvalue weighted by atomic mass is 127. The summed E-state index contributed by atoms with van der Waals surface area (Å²) in [4.78, 5) is 4.06. The third-order valence-electron chi connectivity index (χ3n) is 2.04. The molecule has 6 heteroatoms. The zero-order chi connectivity index (χ0) is 11.5. The third kappa shape index (κ3) is 2.38. The van der Waals surface area contributed by atoms with E-state index in [0.29, 0.717) is 12.4 Å². The largest absolute Gasteiger partial charge is 0.316 e. The van der Waals surface area contributed by atoms with Crippen LogP contribution in [0.4, 0.5) is 4.39 Å². The maximum Gasteiger partial charge on any atom is 0.158 e. The average Bonchev–Trinajstić information content (AvgIpc) is 2.65. The van der Waals surface area contributed by atoms with Crippen molar-refractivity contribution in [2.24, 2.45) is 0 Å². The van der Waals surface area contributed by atoms with Gasteiger partial charge in [0.25, 0.3) is 0 Å². The van der Waals surface area contributed by atoms with Crippen LogP contribution >= 0.6 is 22.6 Å². The molecule has 84 valence electrons. The number of hydrogen-bond acceptors (Lipinski definition) is 3. The molecule has 0 atom stereocenters. The molecule has 0 amide bonds. The van der Waals surface area contributed by atoms with Gasteiger partial charge in [-0.2, -0.15) is 5.10 Å². The Bertz CT molecular complexity index is 497. The van der Waals surface area contributed by atoms with Crippen molar-refractivity contribution in [3.63, 3.8) is 0 Å². The van der Waals surface area contributed by atoms with E-state index in [1.54, 1.807) is 10.9 Å². The second-order valence-electron chi connectivity index (χ2n) is 3.27. The maximum absolute atomic E-state index is 13.1. The molecule has 0 aliphatic heterocycles. The van der Waals surface area contributed by atoms with Crippen LogP contribution in [0.15, 0.2) is 24.7 Å². The maximum atomic E-state index is 13.1. The molecule has 0 aliphatic carbocycles. The van der Waals surface area contributed by atoms with Crippen LogP contribution < -0.4 is 5.32 Å². The molecule has 0 fully saturated rings. The first kappa shape index (κ1) is 11.5. The van der Waals surface area contributed by atoms with Gasteiger partial charge in [-0.15, -0.1) is 0 Å². The molecule has 0 saturated carbocycles. The third-order valence-corrected chi connectivity index (χ3v) is 2.60. The van der Waals surface area contributed by atoms with Crippen LogP contribution in [0.5, 0.6) is 0 Å². The van der Waals surface area contributed by atoms with Crippen molar-refractivity contribution in [1.29, 1.82) is 0 Å². The summed E-state index contributed by atoms with van der Waals surface area (Å²) in [6.07, 6.45) is 4.78. The number of halogens is 2. The number of nitrogens with zero attached hydrogens (tertiary/aromatic N) is 3. The normalized spacial score (nSPS) is 10.7. The van der Waals surface area contributed by atoms with Crippen molar-refractivity contribution < 1.29 is 4.39 Å². The summed E-state index contributed by atoms with van der Waals surface area (Å²) >= 11 is 2.17. The highest BCUT2D eigenvalue weighted by Gasteiger charge is 2.08. The molecule has 0 unspecified atom stereocenters. The lowest BCUT2D eigenvalue weighted by atomic mass is 10.2. The quantitative estimate of drug-likeness (QED) is 0.871. The summed E-state index contributed by atoms with van der Waals surface area (Å²) in [5, 5.41) is 7.13. The Hall–Kier alpha value is -1.02. The summed E-state index contributed by atoms with van der Waals surface area (Å²) < 4.78 is 15.7. The fourth-order valence-electron chi connectivity index (χ4n) is 1.42. The monoisotopic (exact) mass is 332 g/mol. The first-order chi connectivity index (χ1) is 7.70. The molecule has 0 radical (unpaired) electrons. The molecular formula is C10H10FIN4. The van der Waals surface area contributed by atoms with E-state index in [-0.39, 0.29) is 5.82 Å². The van der Waals surface area contributed by atoms with Gasteiger partial charge in [0.15, 0.2) is 5.82 Å². The van der Waals surface area contributed by atoms with E-state index in [9.17, 15) is 4.39 Å². The van der Waals surface area contributed by atoms with Gasteiger partial charge in [-0.25, -0.2) is 14.1 Å². The minimum atomic E-state index is -0.337. The lowest BCUT2D eigenvalue weighted by molar-refractivity contribution is 0.613. The van der Waals surface area contributed by atoms with Gasteiger partial charge in [-0.3, -0.25) is 0 Å². The Morgan fingerprint density at radius 2 is 2.31 bits per heavy atom. The Labute approximate surface area is 106 Å². The van der Waals surface area contributed by atoms with Gasteiger partial charge in [0.05, 0.1) is 16.0 Å². The zero-order valence-electron chi connectivity index (χ0n) is 8.61. The van der Waals surface area contributed by atoms with Crippen LogP contribution in [-0.4, -0.2) is 21.8 Å². The fourth-order valence-corrected chi connectivity index (χ4v) is 1.81. The first-order valence-corrected chi connectivity index (χ1v) is 5.78. The van der Waals surface area contributed by atoms with Gasteiger partial charge in [0, 0.05) is 18.3 Å². The van der Waals surface area contributed by atoms with Crippen LogP contribution in [-0.2, 0) is 6.54 Å². The highest BCUT2D eigenvalue weighted by molar-refractivity contribution is 14.1. The molecule has 1 N–H and O–H groups in total. The molecule has 0 spiro atoms. The SMILES string of the molecule is CNCc1cc(F)cnc1-n1cc(I)cn1. The van der Waals surface area contributed by atoms with Crippen LogP contribution in [0.1, 0.15) is 5.56 Å². The van der Waals surface area contributed by atoms with E-state index in [1.165, 1.54) is 12.3 Å². The van der Waals surface area contributed by atoms with Gasteiger partial charge in [0.2, 0.25) is 0 Å². The second kappa shape index (κ2) is 4.88. The van der Waals surface area contributed by atoms with E-state index in [1.807, 2.05) is 13.2 Å². The topological polar surface area (TPSA) is 42.7 Å².